The minimum absolute atomic E-state index is 0.106. The van der Waals surface area contributed by atoms with E-state index in [-0.39, 0.29) is 12.2 Å². The minimum Gasteiger partial charge on any atom is -0.393 e. The quantitative estimate of drug-likeness (QED) is 0.707. The van der Waals surface area contributed by atoms with Gasteiger partial charge >= 0.3 is 0 Å². The molecule has 8 atom stereocenters. The van der Waals surface area contributed by atoms with E-state index in [1.54, 1.807) is 5.57 Å². The van der Waals surface area contributed by atoms with Crippen LogP contribution >= 0.6 is 0 Å². The fourth-order valence-corrected chi connectivity index (χ4v) is 7.47. The molecule has 2 nitrogen and oxygen atoms in total. The van der Waals surface area contributed by atoms with Gasteiger partial charge < -0.3 is 10.2 Å². The molecule has 23 heavy (non-hydrogen) atoms. The van der Waals surface area contributed by atoms with E-state index in [2.05, 4.69) is 19.9 Å². The van der Waals surface area contributed by atoms with Crippen molar-refractivity contribution in [3.05, 3.63) is 11.6 Å². The molecule has 4 aliphatic carbocycles. The zero-order chi connectivity index (χ0) is 16.4. The Hall–Kier alpha value is -0.340. The third kappa shape index (κ3) is 2.20. The van der Waals surface area contributed by atoms with E-state index in [4.69, 9.17) is 0 Å². The Kier molecular flexibility index (Phi) is 3.74. The lowest BCUT2D eigenvalue weighted by atomic mass is 9.47. The predicted octanol–water partition coefficient (Wildman–Crippen LogP) is 4.31. The lowest BCUT2D eigenvalue weighted by Crippen LogP contribution is -2.51. The first kappa shape index (κ1) is 16.1. The molecule has 0 bridgehead atoms. The largest absolute Gasteiger partial charge is 0.393 e. The average Bonchev–Trinajstić information content (AvgIpc) is 2.85. The third-order valence-electron chi connectivity index (χ3n) is 8.73. The van der Waals surface area contributed by atoms with Gasteiger partial charge in [0.15, 0.2) is 0 Å². The molecule has 0 unspecified atom stereocenters. The molecular weight excluding hydrogens is 284 g/mol. The van der Waals surface area contributed by atoms with E-state index in [1.165, 1.54) is 38.5 Å². The highest BCUT2D eigenvalue weighted by Gasteiger charge is 2.59. The Morgan fingerprint density at radius 3 is 2.61 bits per heavy atom. The highest BCUT2D eigenvalue weighted by Crippen LogP contribution is 2.66. The molecule has 3 saturated carbocycles. The minimum atomic E-state index is -0.156. The maximum atomic E-state index is 10.3. The topological polar surface area (TPSA) is 40.5 Å². The summed E-state index contributed by atoms with van der Waals surface area (Å²) < 4.78 is 0. The van der Waals surface area contributed by atoms with Crippen LogP contribution in [0.25, 0.3) is 0 Å². The molecule has 130 valence electrons. The number of fused-ring (bicyclic) bond motifs is 5. The summed E-state index contributed by atoms with van der Waals surface area (Å²) in [5, 5.41) is 20.4. The number of rotatable bonds is 1. The van der Waals surface area contributed by atoms with E-state index in [0.717, 1.165) is 30.6 Å². The molecule has 0 aromatic carbocycles. The number of hydrogen-bond donors (Lipinski definition) is 2. The molecule has 0 radical (unpaired) electrons. The van der Waals surface area contributed by atoms with Gasteiger partial charge in [0.05, 0.1) is 12.2 Å². The lowest BCUT2D eigenvalue weighted by molar-refractivity contribution is -0.0675. The number of aliphatic hydroxyl groups excluding tert-OH is 2. The monoisotopic (exact) mass is 318 g/mol. The van der Waals surface area contributed by atoms with Crippen molar-refractivity contribution in [2.45, 2.75) is 84.3 Å². The van der Waals surface area contributed by atoms with Crippen molar-refractivity contribution in [2.24, 2.45) is 34.5 Å². The standard InChI is InChI=1S/C21H34O2/c1-13(22)17-6-7-18-16-5-4-14-12-15(23)8-10-20(14,2)19(16)9-11-21(17,18)3/h4,13,15-19,22-23H,5-12H2,1-3H3/t13-,15+,16-,17+,18-,19-,20+,21-/m1/s1. The van der Waals surface area contributed by atoms with E-state index in [0.29, 0.717) is 16.7 Å². The molecule has 0 aromatic rings. The Labute approximate surface area is 141 Å². The molecule has 4 rings (SSSR count). The molecular formula is C21H34O2. The number of allylic oxidation sites excluding steroid dienone is 1. The zero-order valence-corrected chi connectivity index (χ0v) is 15.1. The molecule has 0 aliphatic heterocycles. The second-order valence-corrected chi connectivity index (χ2v) is 9.62. The van der Waals surface area contributed by atoms with Gasteiger partial charge in [0, 0.05) is 0 Å². The Morgan fingerprint density at radius 2 is 1.87 bits per heavy atom. The van der Waals surface area contributed by atoms with Gasteiger partial charge in [-0.3, -0.25) is 0 Å². The van der Waals surface area contributed by atoms with Crippen LogP contribution in [0.15, 0.2) is 11.6 Å². The fraction of sp³-hybridized carbons (Fsp3) is 0.905. The average molecular weight is 319 g/mol. The highest BCUT2D eigenvalue weighted by molar-refractivity contribution is 5.25. The van der Waals surface area contributed by atoms with Crippen LogP contribution in [0.2, 0.25) is 0 Å². The predicted molar refractivity (Wildman–Crippen MR) is 92.9 cm³/mol. The van der Waals surface area contributed by atoms with E-state index in [9.17, 15) is 10.2 Å². The van der Waals surface area contributed by atoms with Crippen LogP contribution in [0.4, 0.5) is 0 Å². The van der Waals surface area contributed by atoms with Crippen LogP contribution in [0.3, 0.4) is 0 Å². The first-order chi connectivity index (χ1) is 10.9. The lowest BCUT2D eigenvalue weighted by Gasteiger charge is -2.58. The van der Waals surface area contributed by atoms with E-state index in [1.807, 2.05) is 6.92 Å². The van der Waals surface area contributed by atoms with Gasteiger partial charge in [0.2, 0.25) is 0 Å². The van der Waals surface area contributed by atoms with Gasteiger partial charge in [-0.25, -0.2) is 0 Å². The van der Waals surface area contributed by atoms with Gasteiger partial charge in [-0.2, -0.15) is 0 Å². The van der Waals surface area contributed by atoms with Gasteiger partial charge in [-0.1, -0.05) is 25.5 Å². The molecule has 4 aliphatic rings. The maximum absolute atomic E-state index is 10.3. The Bertz CT molecular complexity index is 510. The summed E-state index contributed by atoms with van der Waals surface area (Å²) >= 11 is 0. The van der Waals surface area contributed by atoms with Gasteiger partial charge in [-0.15, -0.1) is 0 Å². The van der Waals surface area contributed by atoms with Crippen LogP contribution in [0, 0.1) is 34.5 Å². The molecule has 2 N–H and O–H groups in total. The molecule has 3 fully saturated rings. The van der Waals surface area contributed by atoms with Gasteiger partial charge in [-0.05, 0) is 92.8 Å². The summed E-state index contributed by atoms with van der Waals surface area (Å²) in [6.07, 6.45) is 11.7. The summed E-state index contributed by atoms with van der Waals surface area (Å²) in [5.41, 5.74) is 2.25. The fourth-order valence-electron chi connectivity index (χ4n) is 7.47. The first-order valence-electron chi connectivity index (χ1n) is 9.92. The summed E-state index contributed by atoms with van der Waals surface area (Å²) in [6, 6.07) is 0. The summed E-state index contributed by atoms with van der Waals surface area (Å²) in [6.45, 7) is 6.98. The summed E-state index contributed by atoms with van der Waals surface area (Å²) in [7, 11) is 0. The van der Waals surface area contributed by atoms with Crippen molar-refractivity contribution < 1.29 is 10.2 Å². The zero-order valence-electron chi connectivity index (χ0n) is 15.1. The van der Waals surface area contributed by atoms with Crippen molar-refractivity contribution in [3.8, 4) is 0 Å². The van der Waals surface area contributed by atoms with Crippen molar-refractivity contribution in [3.63, 3.8) is 0 Å². The Balaban J connectivity index is 1.65. The van der Waals surface area contributed by atoms with Gasteiger partial charge in [0.1, 0.15) is 0 Å². The van der Waals surface area contributed by atoms with Crippen molar-refractivity contribution in [2.75, 3.05) is 0 Å². The maximum Gasteiger partial charge on any atom is 0.0577 e. The van der Waals surface area contributed by atoms with E-state index >= 15 is 0 Å². The molecule has 0 spiro atoms. The molecule has 0 saturated heterocycles. The normalized spacial score (nSPS) is 53.8. The van der Waals surface area contributed by atoms with Crippen LogP contribution in [-0.4, -0.2) is 22.4 Å². The molecule has 0 amide bonds. The first-order valence-corrected chi connectivity index (χ1v) is 9.92. The number of aliphatic hydroxyl groups is 2. The third-order valence-corrected chi connectivity index (χ3v) is 8.73. The number of hydrogen-bond acceptors (Lipinski definition) is 2. The van der Waals surface area contributed by atoms with Crippen molar-refractivity contribution in [1.82, 2.24) is 0 Å². The second-order valence-electron chi connectivity index (χ2n) is 9.62. The van der Waals surface area contributed by atoms with Crippen molar-refractivity contribution in [1.29, 1.82) is 0 Å². The van der Waals surface area contributed by atoms with E-state index < -0.39 is 0 Å². The molecule has 2 heteroatoms. The van der Waals surface area contributed by atoms with Crippen LogP contribution in [0.5, 0.6) is 0 Å². The smallest absolute Gasteiger partial charge is 0.0577 e. The van der Waals surface area contributed by atoms with Crippen molar-refractivity contribution >= 4 is 0 Å². The van der Waals surface area contributed by atoms with Gasteiger partial charge in [0.25, 0.3) is 0 Å². The van der Waals surface area contributed by atoms with Crippen LogP contribution in [0.1, 0.15) is 72.1 Å². The molecule has 0 aromatic heterocycles. The summed E-state index contributed by atoms with van der Waals surface area (Å²) in [4.78, 5) is 0. The van der Waals surface area contributed by atoms with Crippen LogP contribution in [-0.2, 0) is 0 Å². The van der Waals surface area contributed by atoms with Crippen LogP contribution < -0.4 is 0 Å². The Morgan fingerprint density at radius 1 is 1.09 bits per heavy atom. The molecule has 0 heterocycles. The second kappa shape index (κ2) is 5.33. The SMILES string of the molecule is C[C@@H](O)[C@@H]1CC[C@@H]2[C@H]3CC=C4C[C@@H](O)CC[C@]4(C)[C@@H]3CC[C@@]21C. The summed E-state index contributed by atoms with van der Waals surface area (Å²) in [5.74, 6) is 2.91. The highest BCUT2D eigenvalue weighted by atomic mass is 16.3.